The molecule has 136 valence electrons. The van der Waals surface area contributed by atoms with E-state index in [1.807, 2.05) is 0 Å². The maximum Gasteiger partial charge on any atom is 0.261 e. The van der Waals surface area contributed by atoms with Crippen molar-refractivity contribution in [3.63, 3.8) is 0 Å². The van der Waals surface area contributed by atoms with Crippen LogP contribution in [0, 0.1) is 23.6 Å². The zero-order valence-corrected chi connectivity index (χ0v) is 15.7. The molecule has 0 unspecified atom stereocenters. The lowest BCUT2D eigenvalue weighted by Crippen LogP contribution is -2.48. The predicted octanol–water partition coefficient (Wildman–Crippen LogP) is 5.05. The number of rotatable bonds is 3. The quantitative estimate of drug-likeness (QED) is 0.796. The minimum atomic E-state index is -0.638. The van der Waals surface area contributed by atoms with Crippen LogP contribution in [0.4, 0.5) is 9.52 Å². The summed E-state index contributed by atoms with van der Waals surface area (Å²) in [6.07, 6.45) is 7.69. The van der Waals surface area contributed by atoms with Crippen LogP contribution in [0.1, 0.15) is 53.9 Å². The van der Waals surface area contributed by atoms with Gasteiger partial charge in [-0.15, -0.1) is 10.2 Å². The van der Waals surface area contributed by atoms with Gasteiger partial charge in [-0.3, -0.25) is 10.1 Å². The molecule has 4 saturated carbocycles. The van der Waals surface area contributed by atoms with E-state index in [1.165, 1.54) is 68.1 Å². The summed E-state index contributed by atoms with van der Waals surface area (Å²) >= 11 is 7.41. The van der Waals surface area contributed by atoms with Gasteiger partial charge >= 0.3 is 0 Å². The largest absolute Gasteiger partial charge is 0.296 e. The average molecular weight is 392 g/mol. The molecule has 1 aromatic heterocycles. The van der Waals surface area contributed by atoms with Crippen molar-refractivity contribution in [2.24, 2.45) is 17.8 Å². The summed E-state index contributed by atoms with van der Waals surface area (Å²) < 4.78 is 13.9. The molecule has 4 fully saturated rings. The Balaban J connectivity index is 1.39. The van der Waals surface area contributed by atoms with Crippen LogP contribution in [0.2, 0.25) is 5.02 Å². The van der Waals surface area contributed by atoms with Gasteiger partial charge in [0.1, 0.15) is 10.8 Å². The number of hydrogen-bond acceptors (Lipinski definition) is 4. The number of carbonyl (C=O) groups is 1. The molecule has 2 aromatic rings. The molecular weight excluding hydrogens is 373 g/mol. The molecule has 0 atom stereocenters. The maximum atomic E-state index is 13.9. The van der Waals surface area contributed by atoms with Crippen molar-refractivity contribution in [1.82, 2.24) is 10.2 Å². The number of hydrogen-bond donors (Lipinski definition) is 1. The molecule has 0 spiro atoms. The van der Waals surface area contributed by atoms with Crippen LogP contribution in [0.15, 0.2) is 18.2 Å². The van der Waals surface area contributed by atoms with E-state index >= 15 is 0 Å². The van der Waals surface area contributed by atoms with E-state index in [-0.39, 0.29) is 16.0 Å². The normalized spacial score (nSPS) is 32.0. The minimum absolute atomic E-state index is 0.0910. The Morgan fingerprint density at radius 2 is 1.81 bits per heavy atom. The second-order valence-corrected chi connectivity index (χ2v) is 9.55. The highest BCUT2D eigenvalue weighted by Gasteiger charge is 2.53. The molecule has 4 aliphatic rings. The molecule has 0 radical (unpaired) electrons. The Labute approximate surface area is 160 Å². The van der Waals surface area contributed by atoms with Crippen LogP contribution in [0.3, 0.4) is 0 Å². The third-order valence-corrected chi connectivity index (χ3v) is 7.73. The number of nitrogens with zero attached hydrogens (tertiary/aromatic N) is 2. The standard InChI is InChI=1S/C19H19ClFN3OS/c20-13-2-1-3-14(21)15(13)16(25)22-18-24-23-17(26-18)19-7-10-4-11(8-19)6-12(5-10)9-19/h1-3,10-12H,4-9H2,(H,22,24,25). The van der Waals surface area contributed by atoms with Crippen molar-refractivity contribution in [3.8, 4) is 0 Å². The minimum Gasteiger partial charge on any atom is -0.296 e. The molecule has 6 rings (SSSR count). The number of benzene rings is 1. The van der Waals surface area contributed by atoms with E-state index in [2.05, 4.69) is 15.5 Å². The van der Waals surface area contributed by atoms with Crippen LogP contribution < -0.4 is 5.32 Å². The lowest BCUT2D eigenvalue weighted by molar-refractivity contribution is -0.00555. The second kappa shape index (κ2) is 5.99. The first kappa shape index (κ1) is 16.6. The Morgan fingerprint density at radius 1 is 1.15 bits per heavy atom. The molecule has 4 aliphatic carbocycles. The van der Waals surface area contributed by atoms with E-state index in [4.69, 9.17) is 11.6 Å². The van der Waals surface area contributed by atoms with Crippen LogP contribution in [-0.4, -0.2) is 16.1 Å². The highest BCUT2D eigenvalue weighted by atomic mass is 35.5. The van der Waals surface area contributed by atoms with E-state index < -0.39 is 11.7 Å². The summed E-state index contributed by atoms with van der Waals surface area (Å²) in [5.74, 6) is 1.24. The van der Waals surface area contributed by atoms with Gasteiger partial charge in [0.15, 0.2) is 0 Å². The first-order chi connectivity index (χ1) is 12.5. The zero-order valence-electron chi connectivity index (χ0n) is 14.2. The Morgan fingerprint density at radius 3 is 2.42 bits per heavy atom. The van der Waals surface area contributed by atoms with E-state index in [0.29, 0.717) is 5.13 Å². The molecule has 26 heavy (non-hydrogen) atoms. The van der Waals surface area contributed by atoms with Gasteiger partial charge in [0.05, 0.1) is 10.6 Å². The molecular formula is C19H19ClFN3OS. The van der Waals surface area contributed by atoms with Crippen molar-refractivity contribution >= 4 is 34.0 Å². The van der Waals surface area contributed by atoms with Crippen molar-refractivity contribution in [3.05, 3.63) is 39.6 Å². The highest BCUT2D eigenvalue weighted by Crippen LogP contribution is 2.61. The van der Waals surface area contributed by atoms with Crippen molar-refractivity contribution in [2.45, 2.75) is 43.9 Å². The molecule has 4 nitrogen and oxygen atoms in total. The second-order valence-electron chi connectivity index (χ2n) is 8.16. The number of halogens is 2. The van der Waals surface area contributed by atoms with E-state index in [0.717, 1.165) is 22.8 Å². The first-order valence-electron chi connectivity index (χ1n) is 9.12. The number of anilines is 1. The van der Waals surface area contributed by atoms with Crippen LogP contribution in [-0.2, 0) is 5.41 Å². The molecule has 1 aromatic carbocycles. The SMILES string of the molecule is O=C(Nc1nnc(C23CC4CC(CC(C4)C2)C3)s1)c1c(F)cccc1Cl. The highest BCUT2D eigenvalue weighted by molar-refractivity contribution is 7.15. The van der Waals surface area contributed by atoms with Crippen molar-refractivity contribution in [1.29, 1.82) is 0 Å². The van der Waals surface area contributed by atoms with Crippen LogP contribution in [0.5, 0.6) is 0 Å². The number of nitrogens with one attached hydrogen (secondary N) is 1. The van der Waals surface area contributed by atoms with Gasteiger partial charge in [-0.05, 0) is 68.4 Å². The molecule has 0 saturated heterocycles. The van der Waals surface area contributed by atoms with E-state index in [9.17, 15) is 9.18 Å². The summed E-state index contributed by atoms with van der Waals surface area (Å²) in [6.45, 7) is 0. The van der Waals surface area contributed by atoms with Gasteiger partial charge in [-0.25, -0.2) is 4.39 Å². The van der Waals surface area contributed by atoms with Gasteiger partial charge in [0.25, 0.3) is 5.91 Å². The summed E-state index contributed by atoms with van der Waals surface area (Å²) in [5.41, 5.74) is -0.00822. The van der Waals surface area contributed by atoms with Gasteiger partial charge in [-0.2, -0.15) is 0 Å². The van der Waals surface area contributed by atoms with Gasteiger partial charge in [0.2, 0.25) is 5.13 Å². The fourth-order valence-electron chi connectivity index (χ4n) is 5.73. The number of carbonyl (C=O) groups excluding carboxylic acids is 1. The third kappa shape index (κ3) is 2.65. The van der Waals surface area contributed by atoms with Gasteiger partial charge in [0, 0.05) is 5.41 Å². The van der Waals surface area contributed by atoms with Crippen LogP contribution in [0.25, 0.3) is 0 Å². The molecule has 7 heteroatoms. The zero-order chi connectivity index (χ0) is 17.9. The fraction of sp³-hybridized carbons (Fsp3) is 0.526. The molecule has 1 N–H and O–H groups in total. The summed E-state index contributed by atoms with van der Waals surface area (Å²) in [4.78, 5) is 12.4. The summed E-state index contributed by atoms with van der Waals surface area (Å²) in [5, 5.41) is 12.8. The Hall–Kier alpha value is -1.53. The lowest BCUT2D eigenvalue weighted by atomic mass is 9.50. The van der Waals surface area contributed by atoms with E-state index in [1.54, 1.807) is 0 Å². The first-order valence-corrected chi connectivity index (χ1v) is 10.3. The monoisotopic (exact) mass is 391 g/mol. The predicted molar refractivity (Wildman–Crippen MR) is 99.1 cm³/mol. The average Bonchev–Trinajstić information content (AvgIpc) is 3.02. The Bertz CT molecular complexity index is 828. The lowest BCUT2D eigenvalue weighted by Gasteiger charge is -2.55. The fourth-order valence-corrected chi connectivity index (χ4v) is 6.94. The van der Waals surface area contributed by atoms with Crippen molar-refractivity contribution < 1.29 is 9.18 Å². The number of amides is 1. The topological polar surface area (TPSA) is 54.9 Å². The molecule has 1 amide bonds. The maximum absolute atomic E-state index is 13.9. The molecule has 1 heterocycles. The summed E-state index contributed by atoms with van der Waals surface area (Å²) in [7, 11) is 0. The smallest absolute Gasteiger partial charge is 0.261 e. The van der Waals surface area contributed by atoms with Crippen LogP contribution >= 0.6 is 22.9 Å². The third-order valence-electron chi connectivity index (χ3n) is 6.33. The Kier molecular flexibility index (Phi) is 3.83. The molecule has 4 bridgehead atoms. The van der Waals surface area contributed by atoms with Crippen molar-refractivity contribution in [2.75, 3.05) is 5.32 Å². The van der Waals surface area contributed by atoms with Gasteiger partial charge in [-0.1, -0.05) is 29.0 Å². The number of aromatic nitrogens is 2. The molecule has 0 aliphatic heterocycles. The summed E-state index contributed by atoms with van der Waals surface area (Å²) in [6, 6.07) is 4.20. The van der Waals surface area contributed by atoms with Gasteiger partial charge < -0.3 is 0 Å².